The second kappa shape index (κ2) is 5.24. The van der Waals surface area contributed by atoms with Gasteiger partial charge in [-0.1, -0.05) is 12.1 Å². The van der Waals surface area contributed by atoms with Gasteiger partial charge in [0, 0.05) is 5.56 Å². The predicted molar refractivity (Wildman–Crippen MR) is 82.9 cm³/mol. The molecule has 0 spiro atoms. The molecule has 0 atom stereocenters. The second-order valence-corrected chi connectivity index (χ2v) is 5.19. The van der Waals surface area contributed by atoms with Gasteiger partial charge in [0.05, 0.1) is 23.8 Å². The van der Waals surface area contributed by atoms with Crippen LogP contribution in [0, 0.1) is 0 Å². The normalized spacial score (nSPS) is 12.5. The highest BCUT2D eigenvalue weighted by atomic mass is 16.7. The number of hydrogen-bond donors (Lipinski definition) is 0. The number of aromatic nitrogens is 2. The molecule has 6 nitrogen and oxygen atoms in total. The number of Topliss-reactive ketones (excluding diaryl/α,β-unsaturated/α-hetero) is 1. The molecule has 0 amide bonds. The SMILES string of the molecule is O=C(Cn1cnc2ccccc2c1=O)c1ccc2c(c1)OCO2. The van der Waals surface area contributed by atoms with Gasteiger partial charge in [-0.25, -0.2) is 4.98 Å². The van der Waals surface area contributed by atoms with Crippen molar-refractivity contribution in [3.63, 3.8) is 0 Å². The summed E-state index contributed by atoms with van der Waals surface area (Å²) in [7, 11) is 0. The second-order valence-electron chi connectivity index (χ2n) is 5.19. The summed E-state index contributed by atoms with van der Waals surface area (Å²) in [5, 5.41) is 0.494. The van der Waals surface area contributed by atoms with Gasteiger partial charge in [0.15, 0.2) is 17.3 Å². The lowest BCUT2D eigenvalue weighted by molar-refractivity contribution is 0.0970. The van der Waals surface area contributed by atoms with Gasteiger partial charge in [0.2, 0.25) is 6.79 Å². The Bertz CT molecular complexity index is 978. The van der Waals surface area contributed by atoms with E-state index in [0.717, 1.165) is 0 Å². The van der Waals surface area contributed by atoms with Crippen LogP contribution in [0.3, 0.4) is 0 Å². The van der Waals surface area contributed by atoms with Crippen molar-refractivity contribution in [2.45, 2.75) is 6.54 Å². The number of rotatable bonds is 3. The maximum Gasteiger partial charge on any atom is 0.261 e. The third kappa shape index (κ3) is 2.34. The Kier molecular flexibility index (Phi) is 3.08. The van der Waals surface area contributed by atoms with E-state index in [-0.39, 0.29) is 24.7 Å². The zero-order chi connectivity index (χ0) is 15.8. The van der Waals surface area contributed by atoms with Gasteiger partial charge in [0.1, 0.15) is 0 Å². The molecule has 0 fully saturated rings. The molecule has 0 saturated carbocycles. The van der Waals surface area contributed by atoms with E-state index < -0.39 is 0 Å². The van der Waals surface area contributed by atoms with E-state index in [0.29, 0.717) is 28.0 Å². The molecule has 1 aliphatic heterocycles. The molecule has 0 radical (unpaired) electrons. The van der Waals surface area contributed by atoms with Gasteiger partial charge in [-0.2, -0.15) is 0 Å². The van der Waals surface area contributed by atoms with E-state index in [4.69, 9.17) is 9.47 Å². The Morgan fingerprint density at radius 3 is 2.87 bits per heavy atom. The number of hydrogen-bond acceptors (Lipinski definition) is 5. The first-order valence-corrected chi connectivity index (χ1v) is 7.09. The molecule has 2 aromatic carbocycles. The minimum atomic E-state index is -0.232. The van der Waals surface area contributed by atoms with Crippen LogP contribution in [0.15, 0.2) is 53.6 Å². The van der Waals surface area contributed by atoms with Crippen LogP contribution in [0.5, 0.6) is 11.5 Å². The molecule has 114 valence electrons. The van der Waals surface area contributed by atoms with Crippen molar-refractivity contribution in [3.8, 4) is 11.5 Å². The zero-order valence-electron chi connectivity index (χ0n) is 12.1. The molecule has 0 saturated heterocycles. The van der Waals surface area contributed by atoms with Crippen LogP contribution < -0.4 is 15.0 Å². The van der Waals surface area contributed by atoms with Gasteiger partial charge < -0.3 is 9.47 Å². The monoisotopic (exact) mass is 308 g/mol. The molecule has 1 aliphatic rings. The molecular weight excluding hydrogens is 296 g/mol. The standard InChI is InChI=1S/C17H12N2O4/c20-14(11-5-6-15-16(7-11)23-10-22-15)8-19-9-18-13-4-2-1-3-12(13)17(19)21/h1-7,9H,8,10H2. The van der Waals surface area contributed by atoms with Gasteiger partial charge in [-0.3, -0.25) is 14.2 Å². The fourth-order valence-electron chi connectivity index (χ4n) is 2.53. The average Bonchev–Trinajstić information content (AvgIpc) is 3.05. The fraction of sp³-hybridized carbons (Fsp3) is 0.118. The van der Waals surface area contributed by atoms with Crippen LogP contribution in [-0.4, -0.2) is 22.1 Å². The molecule has 0 bridgehead atoms. The van der Waals surface area contributed by atoms with Crippen molar-refractivity contribution in [1.29, 1.82) is 0 Å². The summed E-state index contributed by atoms with van der Waals surface area (Å²) in [5.41, 5.74) is 0.850. The summed E-state index contributed by atoms with van der Waals surface area (Å²) in [6, 6.07) is 12.0. The number of carbonyl (C=O) groups is 1. The lowest BCUT2D eigenvalue weighted by Crippen LogP contribution is -2.24. The quantitative estimate of drug-likeness (QED) is 0.692. The van der Waals surface area contributed by atoms with Crippen LogP contribution in [0.2, 0.25) is 0 Å². The third-order valence-corrected chi connectivity index (χ3v) is 3.74. The van der Waals surface area contributed by atoms with Gasteiger partial charge in [-0.15, -0.1) is 0 Å². The molecule has 0 aliphatic carbocycles. The van der Waals surface area contributed by atoms with Crippen molar-refractivity contribution in [1.82, 2.24) is 9.55 Å². The molecule has 23 heavy (non-hydrogen) atoms. The molecular formula is C17H12N2O4. The Morgan fingerprint density at radius 1 is 1.13 bits per heavy atom. The Hall–Kier alpha value is -3.15. The predicted octanol–water partition coefficient (Wildman–Crippen LogP) is 2.01. The molecule has 0 N–H and O–H groups in total. The van der Waals surface area contributed by atoms with Gasteiger partial charge >= 0.3 is 0 Å². The fourth-order valence-corrected chi connectivity index (χ4v) is 2.53. The number of ether oxygens (including phenoxy) is 2. The number of nitrogens with zero attached hydrogens (tertiary/aromatic N) is 2. The van der Waals surface area contributed by atoms with Crippen LogP contribution in [0.25, 0.3) is 10.9 Å². The van der Waals surface area contributed by atoms with Crippen LogP contribution >= 0.6 is 0 Å². The number of benzene rings is 2. The van der Waals surface area contributed by atoms with Crippen LogP contribution in [0.1, 0.15) is 10.4 Å². The molecule has 0 unspecified atom stereocenters. The molecule has 3 aromatic rings. The number of carbonyl (C=O) groups excluding carboxylic acids is 1. The lowest BCUT2D eigenvalue weighted by Gasteiger charge is -2.06. The van der Waals surface area contributed by atoms with E-state index in [1.165, 1.54) is 10.9 Å². The van der Waals surface area contributed by atoms with Crippen molar-refractivity contribution in [2.24, 2.45) is 0 Å². The van der Waals surface area contributed by atoms with E-state index in [1.54, 1.807) is 36.4 Å². The smallest absolute Gasteiger partial charge is 0.261 e. The topological polar surface area (TPSA) is 70.4 Å². The van der Waals surface area contributed by atoms with E-state index >= 15 is 0 Å². The minimum Gasteiger partial charge on any atom is -0.454 e. The highest BCUT2D eigenvalue weighted by Gasteiger charge is 2.17. The van der Waals surface area contributed by atoms with Gasteiger partial charge in [0.25, 0.3) is 5.56 Å². The number of para-hydroxylation sites is 1. The van der Waals surface area contributed by atoms with Crippen LogP contribution in [0.4, 0.5) is 0 Å². The summed E-state index contributed by atoms with van der Waals surface area (Å²) < 4.78 is 11.8. The maximum atomic E-state index is 12.4. The molecule has 6 heteroatoms. The Labute approximate surface area is 130 Å². The number of fused-ring (bicyclic) bond motifs is 2. The highest BCUT2D eigenvalue weighted by molar-refractivity contribution is 5.96. The highest BCUT2D eigenvalue weighted by Crippen LogP contribution is 2.32. The zero-order valence-corrected chi connectivity index (χ0v) is 12.1. The van der Waals surface area contributed by atoms with Crippen molar-refractivity contribution in [3.05, 3.63) is 64.7 Å². The first-order chi connectivity index (χ1) is 11.2. The van der Waals surface area contributed by atoms with Gasteiger partial charge in [-0.05, 0) is 30.3 Å². The van der Waals surface area contributed by atoms with Crippen LogP contribution in [-0.2, 0) is 6.54 Å². The summed E-state index contributed by atoms with van der Waals surface area (Å²) in [6.07, 6.45) is 1.40. The van der Waals surface area contributed by atoms with Crippen molar-refractivity contribution >= 4 is 16.7 Å². The van der Waals surface area contributed by atoms with E-state index in [1.807, 2.05) is 6.07 Å². The molecule has 1 aromatic heterocycles. The first-order valence-electron chi connectivity index (χ1n) is 7.09. The number of ketones is 1. The lowest BCUT2D eigenvalue weighted by atomic mass is 10.1. The summed E-state index contributed by atoms with van der Waals surface area (Å²) in [4.78, 5) is 29.0. The maximum absolute atomic E-state index is 12.4. The largest absolute Gasteiger partial charge is 0.454 e. The summed E-state index contributed by atoms with van der Waals surface area (Å²) in [5.74, 6) is 0.966. The minimum absolute atomic E-state index is 0.0731. The molecule has 2 heterocycles. The first kappa shape index (κ1) is 13.5. The van der Waals surface area contributed by atoms with Crippen molar-refractivity contribution in [2.75, 3.05) is 6.79 Å². The average molecular weight is 308 g/mol. The Morgan fingerprint density at radius 2 is 1.96 bits per heavy atom. The summed E-state index contributed by atoms with van der Waals surface area (Å²) >= 11 is 0. The Balaban J connectivity index is 1.66. The van der Waals surface area contributed by atoms with Crippen molar-refractivity contribution < 1.29 is 14.3 Å². The molecule has 4 rings (SSSR count). The third-order valence-electron chi connectivity index (χ3n) is 3.74. The van der Waals surface area contributed by atoms with E-state index in [2.05, 4.69) is 4.98 Å². The summed E-state index contributed by atoms with van der Waals surface area (Å²) in [6.45, 7) is 0.0807. The van der Waals surface area contributed by atoms with E-state index in [9.17, 15) is 9.59 Å².